The summed E-state index contributed by atoms with van der Waals surface area (Å²) >= 11 is 0. The molecule has 0 fully saturated rings. The molecule has 0 unspecified atom stereocenters. The third-order valence-electron chi connectivity index (χ3n) is 3.90. The van der Waals surface area contributed by atoms with Crippen LogP contribution in [0.1, 0.15) is 16.7 Å². The molecule has 0 bridgehead atoms. The Bertz CT molecular complexity index is 836. The molecule has 0 saturated carbocycles. The van der Waals surface area contributed by atoms with E-state index in [1.807, 2.05) is 49.5 Å². The van der Waals surface area contributed by atoms with Crippen LogP contribution in [0.15, 0.2) is 48.7 Å². The van der Waals surface area contributed by atoms with Gasteiger partial charge in [0.25, 0.3) is 0 Å². The summed E-state index contributed by atoms with van der Waals surface area (Å²) in [4.78, 5) is 15.4. The normalized spacial score (nSPS) is 10.7. The Morgan fingerprint density at radius 1 is 1.22 bits per heavy atom. The van der Waals surface area contributed by atoms with E-state index in [-0.39, 0.29) is 5.91 Å². The van der Waals surface area contributed by atoms with Gasteiger partial charge in [0.2, 0.25) is 5.91 Å². The first kappa shape index (κ1) is 15.2. The second kappa shape index (κ2) is 6.57. The highest BCUT2D eigenvalue weighted by Crippen LogP contribution is 2.23. The Kier molecular flexibility index (Phi) is 4.33. The number of ether oxygens (including phenoxy) is 1. The van der Waals surface area contributed by atoms with Gasteiger partial charge in [0.05, 0.1) is 13.5 Å². The molecule has 0 saturated heterocycles. The highest BCUT2D eigenvalue weighted by Gasteiger charge is 2.09. The van der Waals surface area contributed by atoms with Crippen LogP contribution in [-0.4, -0.2) is 18.0 Å². The molecule has 118 valence electrons. The van der Waals surface area contributed by atoms with Gasteiger partial charge in [-0.15, -0.1) is 0 Å². The molecule has 0 aliphatic carbocycles. The molecule has 4 nitrogen and oxygen atoms in total. The lowest BCUT2D eigenvalue weighted by atomic mass is 10.1. The van der Waals surface area contributed by atoms with Crippen molar-refractivity contribution in [2.75, 3.05) is 7.11 Å². The molecule has 1 heterocycles. The molecule has 0 spiro atoms. The number of methoxy groups -OCH3 is 1. The van der Waals surface area contributed by atoms with Crippen molar-refractivity contribution >= 4 is 16.8 Å². The molecule has 0 aliphatic heterocycles. The Morgan fingerprint density at radius 2 is 2.09 bits per heavy atom. The van der Waals surface area contributed by atoms with Gasteiger partial charge in [-0.1, -0.05) is 29.8 Å². The van der Waals surface area contributed by atoms with Crippen LogP contribution in [0.4, 0.5) is 0 Å². The van der Waals surface area contributed by atoms with Crippen molar-refractivity contribution in [2.45, 2.75) is 19.9 Å². The van der Waals surface area contributed by atoms with Crippen molar-refractivity contribution < 1.29 is 9.53 Å². The van der Waals surface area contributed by atoms with Crippen LogP contribution in [-0.2, 0) is 17.8 Å². The van der Waals surface area contributed by atoms with Gasteiger partial charge in [-0.3, -0.25) is 4.79 Å². The van der Waals surface area contributed by atoms with Crippen molar-refractivity contribution in [3.63, 3.8) is 0 Å². The summed E-state index contributed by atoms with van der Waals surface area (Å²) in [7, 11) is 1.64. The van der Waals surface area contributed by atoms with Crippen LogP contribution in [0.25, 0.3) is 10.9 Å². The van der Waals surface area contributed by atoms with Crippen LogP contribution in [0.5, 0.6) is 5.75 Å². The lowest BCUT2D eigenvalue weighted by Crippen LogP contribution is -2.24. The van der Waals surface area contributed by atoms with Gasteiger partial charge in [-0.2, -0.15) is 0 Å². The molecular formula is C19H20N2O2. The zero-order valence-electron chi connectivity index (χ0n) is 13.3. The maximum atomic E-state index is 12.2. The predicted molar refractivity (Wildman–Crippen MR) is 91.6 cm³/mol. The van der Waals surface area contributed by atoms with Crippen molar-refractivity contribution in [3.8, 4) is 5.75 Å². The molecule has 4 heteroatoms. The number of fused-ring (bicyclic) bond motifs is 1. The minimum atomic E-state index is 0.00947. The smallest absolute Gasteiger partial charge is 0.224 e. The van der Waals surface area contributed by atoms with Crippen molar-refractivity contribution in [1.82, 2.24) is 10.3 Å². The van der Waals surface area contributed by atoms with E-state index >= 15 is 0 Å². The van der Waals surface area contributed by atoms with Gasteiger partial charge in [-0.05, 0) is 36.2 Å². The summed E-state index contributed by atoms with van der Waals surface area (Å²) in [5.74, 6) is 0.800. The fourth-order valence-corrected chi connectivity index (χ4v) is 2.69. The second-order valence-corrected chi connectivity index (χ2v) is 5.67. The molecule has 0 radical (unpaired) electrons. The Hall–Kier alpha value is -2.75. The molecular weight excluding hydrogens is 288 g/mol. The largest absolute Gasteiger partial charge is 0.497 e. The zero-order chi connectivity index (χ0) is 16.2. The number of H-pyrrole nitrogens is 1. The topological polar surface area (TPSA) is 54.1 Å². The first-order valence-electron chi connectivity index (χ1n) is 7.62. The number of rotatable bonds is 5. The third kappa shape index (κ3) is 3.54. The van der Waals surface area contributed by atoms with E-state index in [4.69, 9.17) is 4.74 Å². The summed E-state index contributed by atoms with van der Waals surface area (Å²) in [6.07, 6.45) is 2.23. The minimum Gasteiger partial charge on any atom is -0.497 e. The molecule has 2 aromatic carbocycles. The van der Waals surface area contributed by atoms with Gasteiger partial charge in [0, 0.05) is 23.6 Å². The molecule has 1 amide bonds. The quantitative estimate of drug-likeness (QED) is 0.759. The number of carbonyl (C=O) groups excluding carboxylic acids is 1. The number of nitrogens with one attached hydrogen (secondary N) is 2. The summed E-state index contributed by atoms with van der Waals surface area (Å²) in [6.45, 7) is 2.59. The lowest BCUT2D eigenvalue weighted by Gasteiger charge is -2.06. The van der Waals surface area contributed by atoms with E-state index in [1.165, 1.54) is 5.56 Å². The van der Waals surface area contributed by atoms with E-state index in [2.05, 4.69) is 16.4 Å². The number of amides is 1. The van der Waals surface area contributed by atoms with Crippen LogP contribution < -0.4 is 10.1 Å². The van der Waals surface area contributed by atoms with Crippen molar-refractivity contribution in [3.05, 3.63) is 65.4 Å². The highest BCUT2D eigenvalue weighted by molar-refractivity contribution is 5.89. The van der Waals surface area contributed by atoms with E-state index in [9.17, 15) is 4.79 Å². The van der Waals surface area contributed by atoms with Crippen LogP contribution in [0.2, 0.25) is 0 Å². The van der Waals surface area contributed by atoms with Crippen molar-refractivity contribution in [2.24, 2.45) is 0 Å². The molecule has 1 aromatic heterocycles. The average molecular weight is 308 g/mol. The average Bonchev–Trinajstić information content (AvgIpc) is 2.95. The van der Waals surface area contributed by atoms with E-state index in [0.29, 0.717) is 13.0 Å². The first-order valence-corrected chi connectivity index (χ1v) is 7.62. The van der Waals surface area contributed by atoms with E-state index < -0.39 is 0 Å². The summed E-state index contributed by atoms with van der Waals surface area (Å²) < 4.78 is 5.25. The number of carbonyl (C=O) groups is 1. The number of aryl methyl sites for hydroxylation is 1. The van der Waals surface area contributed by atoms with Crippen LogP contribution in [0, 0.1) is 6.92 Å². The lowest BCUT2D eigenvalue weighted by molar-refractivity contribution is -0.120. The van der Waals surface area contributed by atoms with E-state index in [0.717, 1.165) is 27.8 Å². The maximum absolute atomic E-state index is 12.2. The molecule has 3 aromatic rings. The van der Waals surface area contributed by atoms with Gasteiger partial charge >= 0.3 is 0 Å². The summed E-state index contributed by atoms with van der Waals surface area (Å²) in [6, 6.07) is 14.0. The van der Waals surface area contributed by atoms with Crippen LogP contribution >= 0.6 is 0 Å². The van der Waals surface area contributed by atoms with E-state index in [1.54, 1.807) is 7.11 Å². The SMILES string of the molecule is COc1ccc2[nH]cc(CC(=O)NCc3cccc(C)c3)c2c1. The number of benzene rings is 2. The Balaban J connectivity index is 1.68. The molecule has 23 heavy (non-hydrogen) atoms. The first-order chi connectivity index (χ1) is 11.2. The van der Waals surface area contributed by atoms with Gasteiger partial charge in [-0.25, -0.2) is 0 Å². The molecule has 0 atom stereocenters. The number of aromatic nitrogens is 1. The van der Waals surface area contributed by atoms with Crippen molar-refractivity contribution in [1.29, 1.82) is 0 Å². The number of aromatic amines is 1. The monoisotopic (exact) mass is 308 g/mol. The standard InChI is InChI=1S/C19H20N2O2/c1-13-4-3-5-14(8-13)11-21-19(22)9-15-12-20-18-7-6-16(23-2)10-17(15)18/h3-8,10,12,20H,9,11H2,1-2H3,(H,21,22). The van der Waals surface area contributed by atoms with Gasteiger partial charge < -0.3 is 15.0 Å². The summed E-state index contributed by atoms with van der Waals surface area (Å²) in [5, 5.41) is 4.00. The molecule has 2 N–H and O–H groups in total. The fourth-order valence-electron chi connectivity index (χ4n) is 2.69. The maximum Gasteiger partial charge on any atom is 0.224 e. The second-order valence-electron chi connectivity index (χ2n) is 5.67. The predicted octanol–water partition coefficient (Wildman–Crippen LogP) is 3.34. The minimum absolute atomic E-state index is 0.00947. The zero-order valence-corrected chi connectivity index (χ0v) is 13.3. The fraction of sp³-hybridized carbons (Fsp3) is 0.211. The van der Waals surface area contributed by atoms with Crippen LogP contribution in [0.3, 0.4) is 0 Å². The van der Waals surface area contributed by atoms with Gasteiger partial charge in [0.15, 0.2) is 0 Å². The third-order valence-corrected chi connectivity index (χ3v) is 3.90. The highest BCUT2D eigenvalue weighted by atomic mass is 16.5. The number of hydrogen-bond acceptors (Lipinski definition) is 2. The van der Waals surface area contributed by atoms with Gasteiger partial charge in [0.1, 0.15) is 5.75 Å². The summed E-state index contributed by atoms with van der Waals surface area (Å²) in [5.41, 5.74) is 4.28. The number of hydrogen-bond donors (Lipinski definition) is 2. The molecule has 0 aliphatic rings. The Labute approximate surface area is 135 Å². The Morgan fingerprint density at radius 3 is 2.87 bits per heavy atom. The molecule has 3 rings (SSSR count).